The number of methoxy groups -OCH3 is 1. The molecule has 2 saturated heterocycles. The van der Waals surface area contributed by atoms with E-state index in [-0.39, 0.29) is 79.6 Å². The Morgan fingerprint density at radius 3 is 1.74 bits per heavy atom. The minimum Gasteiger partial charge on any atom is -0.381 e. The first-order valence-electron chi connectivity index (χ1n) is 37.8. The number of nitrogens with one attached hydrogen (secondary N) is 4. The van der Waals surface area contributed by atoms with E-state index in [0.717, 1.165) is 51.4 Å². The summed E-state index contributed by atoms with van der Waals surface area (Å²) in [5.41, 5.74) is 0. The number of carbonyl (C=O) groups excluding carboxylic acids is 12. The second-order valence-electron chi connectivity index (χ2n) is 31.0. The molecule has 3 saturated carbocycles. The number of hydrogen-bond acceptors (Lipinski definition) is 13. The van der Waals surface area contributed by atoms with Crippen LogP contribution in [0.1, 0.15) is 209 Å². The fraction of sp³-hybridized carbons (Fsp3) is 0.838. The maximum absolute atomic E-state index is 15.6. The lowest BCUT2D eigenvalue weighted by Crippen LogP contribution is -2.61. The molecule has 13 atom stereocenters. The Bertz CT molecular complexity index is 2790. The van der Waals surface area contributed by atoms with Gasteiger partial charge in [-0.25, -0.2) is 0 Å². The van der Waals surface area contributed by atoms with Crippen LogP contribution in [0.5, 0.6) is 0 Å². The van der Waals surface area contributed by atoms with Gasteiger partial charge in [-0.3, -0.25) is 57.5 Å². The number of nitrogens with zero attached hydrogens (tertiary/aromatic N) is 8. The van der Waals surface area contributed by atoms with Gasteiger partial charge in [0.15, 0.2) is 0 Å². The molecule has 0 aromatic carbocycles. The summed E-state index contributed by atoms with van der Waals surface area (Å²) in [5, 5.41) is 12.0. The van der Waals surface area contributed by atoms with Crippen LogP contribution >= 0.6 is 34.2 Å². The van der Waals surface area contributed by atoms with Gasteiger partial charge >= 0.3 is 0 Å². The smallest absolute Gasteiger partial charge is 0.245 e. The molecule has 5 fully saturated rings. The number of ether oxygens (including phenoxy) is 1. The largest absolute Gasteiger partial charge is 0.381 e. The van der Waals surface area contributed by atoms with E-state index >= 15 is 28.8 Å². The third kappa shape index (κ3) is 25.7. The molecule has 0 radical (unpaired) electrons. The molecule has 0 aromatic heterocycles. The minimum absolute atomic E-state index is 0.00552. The normalized spacial score (nSPS) is 30.5. The van der Waals surface area contributed by atoms with Gasteiger partial charge in [0.05, 0.1) is 32.2 Å². The van der Waals surface area contributed by atoms with Crippen LogP contribution in [0.2, 0.25) is 0 Å². The summed E-state index contributed by atoms with van der Waals surface area (Å²) in [6.45, 7) is 12.5. The molecule has 25 nitrogen and oxygen atoms in total. The monoisotopic (exact) mass is 1550 g/mol. The summed E-state index contributed by atoms with van der Waals surface area (Å²) in [4.78, 5) is 190. The van der Waals surface area contributed by atoms with Crippen molar-refractivity contribution in [3.05, 3.63) is 0 Å². The number of carbonyl (C=O) groups is 12. The van der Waals surface area contributed by atoms with E-state index in [2.05, 4.69) is 43.9 Å². The maximum Gasteiger partial charge on any atom is 0.245 e. The fourth-order valence-electron chi connectivity index (χ4n) is 15.3. The first kappa shape index (κ1) is 86.3. The van der Waals surface area contributed by atoms with Crippen LogP contribution in [0.4, 0.5) is 0 Å². The Morgan fingerprint density at radius 1 is 0.535 bits per heavy atom. The number of likely N-dealkylation sites (N-methyl/N-ethyl adjacent to an activating group) is 7. The number of alkyl halides is 2. The molecule has 0 spiro atoms. The molecule has 12 amide bonds. The zero-order chi connectivity index (χ0) is 75.1. The van der Waals surface area contributed by atoms with Crippen LogP contribution in [0.25, 0.3) is 0 Å². The van der Waals surface area contributed by atoms with Crippen molar-refractivity contribution in [1.82, 2.24) is 60.5 Å². The number of piperidine rings is 1. The molecule has 101 heavy (non-hydrogen) atoms. The van der Waals surface area contributed by atoms with Gasteiger partial charge in [-0.1, -0.05) is 116 Å². The van der Waals surface area contributed by atoms with Crippen molar-refractivity contribution in [2.45, 2.75) is 273 Å². The number of halogens is 2. The molecule has 4 unspecified atom stereocenters. The highest BCUT2D eigenvalue weighted by Crippen LogP contribution is 2.35. The standard InChI is InChI=1S/C74H126ClIN12O13/c1-16-18-28-54-70(96)86(13)58(41-51-26-20-21-29-61(51)101-15)68(94)79-56(36-46(3)4)71(97)87(14)60(73(99)88-34-22-19-23-35-88)42-63(90)84(11)57(37-47(5)6)69(95)80-66(48(7)17-2)74(100)83(10)44-64(91)81(8)45-65(92)85(12)59(40-49-30-32-52(75)33-31-49)72(98)82(9)43-62(89)77-55(67(93)78-54)39-50-25-24-27-53(76)38-50/h46-61,66H,16-45H2,1-15H3,(H,77,89)(H,78,93)(H,79,94)(H,80,95)/t48-,49?,50?,51?,52?,53?,54-,55-,56-,57-,58-,59-,60-,61?,66-/m0/s1. The molecule has 0 bridgehead atoms. The molecule has 2 heterocycles. The zero-order valence-electron chi connectivity index (χ0n) is 63.7. The van der Waals surface area contributed by atoms with Gasteiger partial charge in [-0.15, -0.1) is 11.6 Å². The average Bonchev–Trinajstić information content (AvgIpc) is 0.809. The first-order valence-corrected chi connectivity index (χ1v) is 39.5. The minimum atomic E-state index is -1.39. The Labute approximate surface area is 621 Å². The molecule has 4 N–H and O–H groups in total. The molecule has 2 aliphatic heterocycles. The van der Waals surface area contributed by atoms with Crippen LogP contribution in [0.3, 0.4) is 0 Å². The van der Waals surface area contributed by atoms with Crippen molar-refractivity contribution < 1.29 is 62.3 Å². The number of rotatable bonds is 17. The lowest BCUT2D eigenvalue weighted by molar-refractivity contribution is -0.151. The summed E-state index contributed by atoms with van der Waals surface area (Å²) in [6, 6.07) is -9.62. The highest BCUT2D eigenvalue weighted by atomic mass is 127. The molecular weight excluding hydrogens is 1430 g/mol. The highest BCUT2D eigenvalue weighted by molar-refractivity contribution is 14.1. The predicted molar refractivity (Wildman–Crippen MR) is 398 cm³/mol. The lowest BCUT2D eigenvalue weighted by atomic mass is 9.81. The second kappa shape index (κ2) is 41.9. The second-order valence-corrected chi connectivity index (χ2v) is 33.4. The van der Waals surface area contributed by atoms with E-state index in [1.807, 2.05) is 41.5 Å². The lowest BCUT2D eigenvalue weighted by Gasteiger charge is -2.39. The van der Waals surface area contributed by atoms with Gasteiger partial charge in [-0.2, -0.15) is 0 Å². The van der Waals surface area contributed by atoms with Crippen molar-refractivity contribution in [3.8, 4) is 0 Å². The molecule has 5 rings (SSSR count). The third-order valence-electron chi connectivity index (χ3n) is 22.1. The van der Waals surface area contributed by atoms with Crippen molar-refractivity contribution in [2.75, 3.05) is 89.2 Å². The van der Waals surface area contributed by atoms with Crippen molar-refractivity contribution in [2.24, 2.45) is 35.5 Å². The summed E-state index contributed by atoms with van der Waals surface area (Å²) in [6.07, 6.45) is 13.7. The number of amides is 12. The SMILES string of the molecule is CCCC[C@@H]1NC(=O)[C@H](CC2CCCC(I)C2)NC(=O)CN(C)C(=O)[C@H](CC2CCC(Cl)CC2)N(C)C(=O)CN(C)C(=O)CN(C)C(=O)[C@H]([C@@H](C)CC)NC(=O)[C@H](CC(C)C)N(C)C(=O)C[C@@H](C(=O)N2CCCCC2)N(C)C(=O)[C@H](CC(C)C)NC(=O)[C@H](CC2CCCCC2OC)N(C)C1=O. The number of likely N-dealkylation sites (tertiary alicyclic amines) is 1. The van der Waals surface area contributed by atoms with Gasteiger partial charge in [0.2, 0.25) is 70.9 Å². The highest BCUT2D eigenvalue weighted by Gasteiger charge is 2.44. The van der Waals surface area contributed by atoms with Crippen LogP contribution in [-0.2, 0) is 62.3 Å². The van der Waals surface area contributed by atoms with E-state index in [1.54, 1.807) is 18.9 Å². The Hall–Kier alpha value is -5.38. The molecule has 27 heteroatoms. The van der Waals surface area contributed by atoms with Gasteiger partial charge in [0.1, 0.15) is 48.3 Å². The summed E-state index contributed by atoms with van der Waals surface area (Å²) in [5.74, 6) is -8.21. The topological polar surface area (TPSA) is 288 Å². The van der Waals surface area contributed by atoms with Gasteiger partial charge in [0, 0.05) is 78.8 Å². The van der Waals surface area contributed by atoms with Crippen LogP contribution < -0.4 is 21.3 Å². The molecule has 574 valence electrons. The Morgan fingerprint density at radius 2 is 1.13 bits per heavy atom. The zero-order valence-corrected chi connectivity index (χ0v) is 66.6. The van der Waals surface area contributed by atoms with Gasteiger partial charge < -0.3 is 65.2 Å². The summed E-state index contributed by atoms with van der Waals surface area (Å²) in [7, 11) is 11.9. The summed E-state index contributed by atoms with van der Waals surface area (Å²) >= 11 is 8.97. The van der Waals surface area contributed by atoms with E-state index < -0.39 is 151 Å². The van der Waals surface area contributed by atoms with Crippen molar-refractivity contribution in [1.29, 1.82) is 0 Å². The van der Waals surface area contributed by atoms with Crippen molar-refractivity contribution >= 4 is 105 Å². The Kier molecular flexibility index (Phi) is 35.8. The van der Waals surface area contributed by atoms with Gasteiger partial charge in [-0.05, 0) is 145 Å². The van der Waals surface area contributed by atoms with Crippen molar-refractivity contribution in [3.63, 3.8) is 0 Å². The van der Waals surface area contributed by atoms with Crippen LogP contribution in [0, 0.1) is 35.5 Å². The number of hydrogen-bond donors (Lipinski definition) is 4. The first-order chi connectivity index (χ1) is 47.7. The van der Waals surface area contributed by atoms with Gasteiger partial charge in [0.25, 0.3) is 0 Å². The predicted octanol–water partition coefficient (Wildman–Crippen LogP) is 6.52. The third-order valence-corrected chi connectivity index (χ3v) is 23.6. The summed E-state index contributed by atoms with van der Waals surface area (Å²) < 4.78 is 6.36. The fourth-order valence-corrected chi connectivity index (χ4v) is 16.7. The maximum atomic E-state index is 15.6. The van der Waals surface area contributed by atoms with E-state index in [0.29, 0.717) is 81.2 Å². The van der Waals surface area contributed by atoms with E-state index in [1.165, 1.54) is 83.6 Å². The molecule has 5 aliphatic rings. The van der Waals surface area contributed by atoms with Crippen LogP contribution in [-0.4, -0.2) is 263 Å². The average molecular weight is 1550 g/mol. The molecular formula is C74H126ClIN12O13. The van der Waals surface area contributed by atoms with Crippen LogP contribution in [0.15, 0.2) is 0 Å². The van der Waals surface area contributed by atoms with E-state index in [9.17, 15) is 28.8 Å². The molecule has 0 aromatic rings. The van der Waals surface area contributed by atoms with E-state index in [4.69, 9.17) is 16.3 Å². The quantitative estimate of drug-likeness (QED) is 0.0892. The molecule has 3 aliphatic carbocycles. The number of unbranched alkanes of at least 4 members (excludes halogenated alkanes) is 1. The Balaban J connectivity index is 1.65.